The van der Waals surface area contributed by atoms with Crippen molar-refractivity contribution in [1.82, 2.24) is 20.0 Å². The van der Waals surface area contributed by atoms with Gasteiger partial charge in [0, 0.05) is 18.7 Å². The van der Waals surface area contributed by atoms with E-state index < -0.39 is 28.3 Å². The Hall–Kier alpha value is -2.76. The lowest BCUT2D eigenvalue weighted by Crippen LogP contribution is -2.65. The number of aliphatic imine (C=N–C) groups is 1. The molecule has 10 nitrogen and oxygen atoms in total. The van der Waals surface area contributed by atoms with Gasteiger partial charge in [0.05, 0.1) is 4.90 Å². The molecule has 1 fully saturated rings. The van der Waals surface area contributed by atoms with Crippen LogP contribution >= 0.6 is 0 Å². The number of nitrogens with zero attached hydrogens (tertiary/aromatic N) is 4. The van der Waals surface area contributed by atoms with Crippen LogP contribution < -0.4 is 10.5 Å². The summed E-state index contributed by atoms with van der Waals surface area (Å²) in [5.74, 6) is 0.0545. The maximum absolute atomic E-state index is 12.9. The molecule has 11 heteroatoms. The smallest absolute Gasteiger partial charge is 0.328 e. The van der Waals surface area contributed by atoms with Crippen molar-refractivity contribution in [3.8, 4) is 0 Å². The number of urea groups is 1. The fraction of sp³-hybridized carbons (Fsp3) is 0.421. The Labute approximate surface area is 176 Å². The molecule has 0 bridgehead atoms. The Morgan fingerprint density at radius 2 is 1.93 bits per heavy atom. The van der Waals surface area contributed by atoms with E-state index in [1.54, 1.807) is 17.0 Å². The molecule has 3 rings (SSSR count). The first-order valence-electron chi connectivity index (χ1n) is 9.48. The molecule has 2 aliphatic heterocycles. The highest BCUT2D eigenvalue weighted by molar-refractivity contribution is 7.89. The van der Waals surface area contributed by atoms with E-state index in [-0.39, 0.29) is 17.3 Å². The Morgan fingerprint density at radius 1 is 1.27 bits per heavy atom. The topological polar surface area (TPSA) is 128 Å². The molecule has 1 aromatic carbocycles. The minimum absolute atomic E-state index is 0.0176. The zero-order valence-electron chi connectivity index (χ0n) is 17.0. The molecule has 1 aromatic rings. The van der Waals surface area contributed by atoms with E-state index in [1.165, 1.54) is 23.1 Å². The van der Waals surface area contributed by atoms with Crippen molar-refractivity contribution in [2.45, 2.75) is 23.5 Å². The predicted molar refractivity (Wildman–Crippen MR) is 112 cm³/mol. The second-order valence-corrected chi connectivity index (χ2v) is 9.01. The molecule has 2 unspecified atom stereocenters. The molecule has 1 saturated heterocycles. The minimum atomic E-state index is -3.81. The van der Waals surface area contributed by atoms with Gasteiger partial charge in [-0.25, -0.2) is 23.3 Å². The summed E-state index contributed by atoms with van der Waals surface area (Å²) in [6.07, 6.45) is 1.57. The van der Waals surface area contributed by atoms with Gasteiger partial charge in [-0.3, -0.25) is 14.6 Å². The third-order valence-corrected chi connectivity index (χ3v) is 5.88. The van der Waals surface area contributed by atoms with E-state index in [0.29, 0.717) is 17.9 Å². The van der Waals surface area contributed by atoms with E-state index in [1.807, 2.05) is 19.0 Å². The highest BCUT2D eigenvalue weighted by Gasteiger charge is 2.49. The number of amides is 3. The summed E-state index contributed by atoms with van der Waals surface area (Å²) >= 11 is 0. The first-order chi connectivity index (χ1) is 14.1. The normalized spacial score (nSPS) is 21.5. The van der Waals surface area contributed by atoms with Crippen molar-refractivity contribution < 1.29 is 18.0 Å². The van der Waals surface area contributed by atoms with Gasteiger partial charge in [-0.2, -0.15) is 0 Å². The molecule has 0 saturated carbocycles. The average molecular weight is 435 g/mol. The molecular weight excluding hydrogens is 408 g/mol. The van der Waals surface area contributed by atoms with Gasteiger partial charge in [-0.1, -0.05) is 6.08 Å². The molecular formula is C19H26N6O4S. The Bertz CT molecular complexity index is 973. The number of amidine groups is 1. The van der Waals surface area contributed by atoms with Crippen LogP contribution in [0.25, 0.3) is 0 Å². The molecule has 3 amide bonds. The standard InChI is InChI=1S/C19H26N6O4S/c1-4-10-25-18(26)15-17(24(19(25)27)12-5-11-23(2)3)22-16(21-15)13-6-8-14(9-7-13)30(20,28)29/h4,6-9,15,17H,1,5,10-12H2,2-3H3,(H,21,22)(H2,20,28,29). The zero-order valence-corrected chi connectivity index (χ0v) is 17.8. The van der Waals surface area contributed by atoms with E-state index >= 15 is 0 Å². The number of carbonyl (C=O) groups is 2. The first kappa shape index (κ1) is 21.9. The number of imide groups is 1. The maximum atomic E-state index is 12.9. The van der Waals surface area contributed by atoms with Crippen molar-refractivity contribution in [1.29, 1.82) is 0 Å². The summed E-state index contributed by atoms with van der Waals surface area (Å²) in [5.41, 5.74) is 0.598. The third-order valence-electron chi connectivity index (χ3n) is 4.95. The molecule has 162 valence electrons. The summed E-state index contributed by atoms with van der Waals surface area (Å²) in [5, 5.41) is 8.23. The van der Waals surface area contributed by atoms with Crippen molar-refractivity contribution in [2.24, 2.45) is 10.1 Å². The number of fused-ring (bicyclic) bond motifs is 1. The second-order valence-electron chi connectivity index (χ2n) is 7.45. The number of hydrogen-bond acceptors (Lipinski definition) is 7. The maximum Gasteiger partial charge on any atom is 0.328 e. The highest BCUT2D eigenvalue weighted by Crippen LogP contribution is 2.25. The second kappa shape index (κ2) is 8.54. The first-order valence-corrected chi connectivity index (χ1v) is 11.0. The van der Waals surface area contributed by atoms with E-state index in [2.05, 4.69) is 16.9 Å². The van der Waals surface area contributed by atoms with E-state index in [9.17, 15) is 18.0 Å². The van der Waals surface area contributed by atoms with Gasteiger partial charge in [0.1, 0.15) is 11.9 Å². The number of hydrogen-bond donors (Lipinski definition) is 2. The minimum Gasteiger partial charge on any atom is -0.355 e. The summed E-state index contributed by atoms with van der Waals surface area (Å²) < 4.78 is 22.9. The van der Waals surface area contributed by atoms with Crippen molar-refractivity contribution >= 4 is 27.8 Å². The van der Waals surface area contributed by atoms with Gasteiger partial charge in [-0.05, 0) is 51.3 Å². The molecule has 30 heavy (non-hydrogen) atoms. The van der Waals surface area contributed by atoms with Crippen LogP contribution in [0.4, 0.5) is 4.79 Å². The van der Waals surface area contributed by atoms with Gasteiger partial charge in [-0.15, -0.1) is 6.58 Å². The average Bonchev–Trinajstić information content (AvgIpc) is 3.12. The molecule has 2 heterocycles. The van der Waals surface area contributed by atoms with Crippen LogP contribution in [-0.4, -0.2) is 86.8 Å². The predicted octanol–water partition coefficient (Wildman–Crippen LogP) is -0.220. The van der Waals surface area contributed by atoms with Crippen LogP contribution in [0.15, 0.2) is 46.8 Å². The summed E-state index contributed by atoms with van der Waals surface area (Å²) in [6, 6.07) is 4.78. The third kappa shape index (κ3) is 4.37. The highest BCUT2D eigenvalue weighted by atomic mass is 32.2. The fourth-order valence-corrected chi connectivity index (χ4v) is 3.99. The van der Waals surface area contributed by atoms with Crippen molar-refractivity contribution in [3.63, 3.8) is 0 Å². The monoisotopic (exact) mass is 434 g/mol. The lowest BCUT2D eigenvalue weighted by atomic mass is 10.1. The molecule has 3 N–H and O–H groups in total. The Morgan fingerprint density at radius 3 is 2.50 bits per heavy atom. The number of primary sulfonamides is 1. The van der Waals surface area contributed by atoms with Crippen LogP contribution in [-0.2, 0) is 14.8 Å². The van der Waals surface area contributed by atoms with Crippen LogP contribution in [0.1, 0.15) is 12.0 Å². The Balaban J connectivity index is 1.89. The summed E-state index contributed by atoms with van der Waals surface area (Å²) in [4.78, 5) is 35.2. The fourth-order valence-electron chi connectivity index (χ4n) is 3.48. The van der Waals surface area contributed by atoms with Crippen molar-refractivity contribution in [2.75, 3.05) is 33.7 Å². The van der Waals surface area contributed by atoms with Gasteiger partial charge in [0.25, 0.3) is 5.91 Å². The van der Waals surface area contributed by atoms with Crippen LogP contribution in [0, 0.1) is 0 Å². The Kier molecular flexibility index (Phi) is 6.25. The SMILES string of the molecule is C=CCN1C(=O)C2NC(c3ccc(S(N)(=O)=O)cc3)=NC2N(CCCN(C)C)C1=O. The molecule has 0 spiro atoms. The van der Waals surface area contributed by atoms with E-state index in [4.69, 9.17) is 5.14 Å². The van der Waals surface area contributed by atoms with Gasteiger partial charge in [0.2, 0.25) is 10.0 Å². The molecule has 0 aromatic heterocycles. The number of benzene rings is 1. The van der Waals surface area contributed by atoms with Gasteiger partial charge >= 0.3 is 6.03 Å². The zero-order chi connectivity index (χ0) is 22.1. The van der Waals surface area contributed by atoms with Gasteiger partial charge in [0.15, 0.2) is 6.17 Å². The van der Waals surface area contributed by atoms with Gasteiger partial charge < -0.3 is 10.2 Å². The molecule has 2 aliphatic rings. The van der Waals surface area contributed by atoms with Crippen molar-refractivity contribution in [3.05, 3.63) is 42.5 Å². The lowest BCUT2D eigenvalue weighted by molar-refractivity contribution is -0.134. The molecule has 0 aliphatic carbocycles. The number of nitrogens with two attached hydrogens (primary N) is 1. The van der Waals surface area contributed by atoms with Crippen LogP contribution in [0.2, 0.25) is 0 Å². The quantitative estimate of drug-likeness (QED) is 0.545. The van der Waals surface area contributed by atoms with Crippen LogP contribution in [0.5, 0.6) is 0 Å². The summed E-state index contributed by atoms with van der Waals surface area (Å²) in [7, 11) is 0.0956. The van der Waals surface area contributed by atoms with E-state index in [0.717, 1.165) is 13.0 Å². The molecule has 0 radical (unpaired) electrons. The number of rotatable bonds is 8. The number of sulfonamides is 1. The molecule has 2 atom stereocenters. The largest absolute Gasteiger partial charge is 0.355 e. The number of nitrogens with one attached hydrogen (secondary N) is 1. The van der Waals surface area contributed by atoms with Crippen LogP contribution in [0.3, 0.4) is 0 Å². The summed E-state index contributed by atoms with van der Waals surface area (Å²) in [6.45, 7) is 4.98. The number of carbonyl (C=O) groups excluding carboxylic acids is 2. The lowest BCUT2D eigenvalue weighted by Gasteiger charge is -2.40.